The van der Waals surface area contributed by atoms with Crippen LogP contribution in [-0.4, -0.2) is 74.9 Å². The second kappa shape index (κ2) is 7.84. The highest BCUT2D eigenvalue weighted by Crippen LogP contribution is 2.37. The van der Waals surface area contributed by atoms with Crippen molar-refractivity contribution >= 4 is 27.8 Å². The molecular formula is C20H22F3N5O2. The number of pyridine rings is 1. The number of aliphatic hydroxyl groups excluding tert-OH is 1. The number of rotatable bonds is 4. The lowest BCUT2D eigenvalue weighted by Crippen LogP contribution is -2.50. The van der Waals surface area contributed by atoms with Crippen molar-refractivity contribution in [3.05, 3.63) is 35.5 Å². The van der Waals surface area contributed by atoms with E-state index in [9.17, 15) is 18.0 Å². The van der Waals surface area contributed by atoms with E-state index in [1.165, 1.54) is 0 Å². The van der Waals surface area contributed by atoms with Crippen LogP contribution in [0, 0.1) is 6.92 Å². The highest BCUT2D eigenvalue weighted by molar-refractivity contribution is 5.97. The predicted molar refractivity (Wildman–Crippen MR) is 105 cm³/mol. The number of hydrogen-bond donors (Lipinski definition) is 1. The van der Waals surface area contributed by atoms with Gasteiger partial charge in [0, 0.05) is 38.1 Å². The van der Waals surface area contributed by atoms with Gasteiger partial charge in [0.2, 0.25) is 5.91 Å². The molecule has 0 spiro atoms. The number of aryl methyl sites for hydroxylation is 1. The number of para-hydroxylation sites is 1. The summed E-state index contributed by atoms with van der Waals surface area (Å²) < 4.78 is 42.2. The third kappa shape index (κ3) is 3.72. The van der Waals surface area contributed by atoms with E-state index in [-0.39, 0.29) is 30.1 Å². The van der Waals surface area contributed by atoms with Gasteiger partial charge in [-0.3, -0.25) is 9.69 Å². The molecule has 3 heterocycles. The zero-order valence-corrected chi connectivity index (χ0v) is 16.5. The first-order valence-corrected chi connectivity index (χ1v) is 9.73. The van der Waals surface area contributed by atoms with Gasteiger partial charge in [-0.2, -0.15) is 18.3 Å². The van der Waals surface area contributed by atoms with Gasteiger partial charge in [-0.25, -0.2) is 9.67 Å². The third-order valence-corrected chi connectivity index (χ3v) is 5.53. The van der Waals surface area contributed by atoms with Crippen LogP contribution in [0.15, 0.2) is 24.3 Å². The van der Waals surface area contributed by atoms with Crippen molar-refractivity contribution in [2.45, 2.75) is 19.6 Å². The number of halogens is 3. The lowest BCUT2D eigenvalue weighted by Gasteiger charge is -2.34. The largest absolute Gasteiger partial charge is 0.435 e. The van der Waals surface area contributed by atoms with Crippen LogP contribution in [0.3, 0.4) is 0 Å². The van der Waals surface area contributed by atoms with Crippen molar-refractivity contribution in [3.63, 3.8) is 0 Å². The zero-order valence-electron chi connectivity index (χ0n) is 16.5. The van der Waals surface area contributed by atoms with Crippen molar-refractivity contribution in [3.8, 4) is 0 Å². The van der Waals surface area contributed by atoms with E-state index in [0.717, 1.165) is 4.68 Å². The molecule has 0 unspecified atom stereocenters. The molecule has 0 aliphatic carbocycles. The molecule has 0 saturated carbocycles. The minimum atomic E-state index is -4.66. The number of alkyl halides is 3. The molecule has 1 aromatic carbocycles. The fourth-order valence-corrected chi connectivity index (χ4v) is 3.95. The van der Waals surface area contributed by atoms with E-state index < -0.39 is 11.9 Å². The van der Waals surface area contributed by atoms with E-state index in [4.69, 9.17) is 5.11 Å². The highest BCUT2D eigenvalue weighted by atomic mass is 19.4. The summed E-state index contributed by atoms with van der Waals surface area (Å²) in [6, 6.07) is 6.98. The number of amides is 1. The summed E-state index contributed by atoms with van der Waals surface area (Å²) >= 11 is 0. The van der Waals surface area contributed by atoms with Crippen LogP contribution in [0.4, 0.5) is 13.2 Å². The Kier molecular flexibility index (Phi) is 5.37. The van der Waals surface area contributed by atoms with Crippen molar-refractivity contribution in [2.75, 3.05) is 39.3 Å². The minimum absolute atomic E-state index is 0.0480. The monoisotopic (exact) mass is 421 g/mol. The predicted octanol–water partition coefficient (Wildman–Crippen LogP) is 2.05. The average Bonchev–Trinajstić information content (AvgIpc) is 3.08. The number of carbonyl (C=O) groups is 1. The Morgan fingerprint density at radius 1 is 1.17 bits per heavy atom. The molecule has 0 atom stereocenters. The molecule has 160 valence electrons. The summed E-state index contributed by atoms with van der Waals surface area (Å²) in [5.41, 5.74) is 0.0429. The van der Waals surface area contributed by atoms with Crippen LogP contribution in [0.25, 0.3) is 21.9 Å². The summed E-state index contributed by atoms with van der Waals surface area (Å²) in [7, 11) is 0. The average molecular weight is 421 g/mol. The standard InChI is InChI=1S/C20H22F3N5O2/c1-13-14-4-2-3-5-15(14)24-19-17(13)18(20(21,22)23)25-28(19)12-16(30)27-8-6-26(7-9-27)10-11-29/h2-5,29H,6-12H2,1H3. The number of carbonyl (C=O) groups excluding carboxylic acids is 1. The van der Waals surface area contributed by atoms with E-state index in [1.54, 1.807) is 36.1 Å². The van der Waals surface area contributed by atoms with Gasteiger partial charge in [0.25, 0.3) is 0 Å². The summed E-state index contributed by atoms with van der Waals surface area (Å²) in [5, 5.41) is 13.3. The Hall–Kier alpha value is -2.72. The van der Waals surface area contributed by atoms with Crippen LogP contribution in [0.5, 0.6) is 0 Å². The number of β-amino-alcohol motifs (C(OH)–C–C–N with tert-alkyl or cyclic N) is 1. The van der Waals surface area contributed by atoms with Crippen LogP contribution in [-0.2, 0) is 17.5 Å². The number of hydrogen-bond acceptors (Lipinski definition) is 5. The second-order valence-corrected chi connectivity index (χ2v) is 7.40. The molecule has 4 rings (SSSR count). The maximum atomic E-state index is 13.7. The summed E-state index contributed by atoms with van der Waals surface area (Å²) in [6.07, 6.45) is -4.66. The normalized spacial score (nSPS) is 16.0. The number of benzene rings is 1. The molecule has 1 fully saturated rings. The summed E-state index contributed by atoms with van der Waals surface area (Å²) in [6.45, 7) is 4.04. The molecule has 1 aliphatic rings. The smallest absolute Gasteiger partial charge is 0.395 e. The fourth-order valence-electron chi connectivity index (χ4n) is 3.95. The van der Waals surface area contributed by atoms with Gasteiger partial charge in [0.05, 0.1) is 17.5 Å². The van der Waals surface area contributed by atoms with E-state index >= 15 is 0 Å². The molecule has 10 heteroatoms. The number of nitrogens with zero attached hydrogens (tertiary/aromatic N) is 5. The highest BCUT2D eigenvalue weighted by Gasteiger charge is 2.38. The molecule has 3 aromatic rings. The van der Waals surface area contributed by atoms with Crippen LogP contribution >= 0.6 is 0 Å². The van der Waals surface area contributed by atoms with Gasteiger partial charge in [0.15, 0.2) is 11.3 Å². The summed E-state index contributed by atoms with van der Waals surface area (Å²) in [5.74, 6) is -0.301. The van der Waals surface area contributed by atoms with Gasteiger partial charge < -0.3 is 10.0 Å². The summed E-state index contributed by atoms with van der Waals surface area (Å²) in [4.78, 5) is 20.8. The maximum Gasteiger partial charge on any atom is 0.435 e. The second-order valence-electron chi connectivity index (χ2n) is 7.40. The lowest BCUT2D eigenvalue weighted by atomic mass is 10.1. The number of aliphatic hydroxyl groups is 1. The molecule has 7 nitrogen and oxygen atoms in total. The Morgan fingerprint density at radius 2 is 1.87 bits per heavy atom. The molecule has 1 N–H and O–H groups in total. The van der Waals surface area contributed by atoms with Gasteiger partial charge >= 0.3 is 6.18 Å². The van der Waals surface area contributed by atoms with Crippen LogP contribution in [0.1, 0.15) is 11.3 Å². The van der Waals surface area contributed by atoms with E-state index in [2.05, 4.69) is 10.1 Å². The Bertz CT molecular complexity index is 1090. The molecule has 30 heavy (non-hydrogen) atoms. The third-order valence-electron chi connectivity index (χ3n) is 5.53. The van der Waals surface area contributed by atoms with Crippen LogP contribution < -0.4 is 0 Å². The number of piperazine rings is 1. The first-order chi connectivity index (χ1) is 14.3. The molecule has 1 aliphatic heterocycles. The molecule has 1 amide bonds. The number of aromatic nitrogens is 3. The van der Waals surface area contributed by atoms with Crippen LogP contribution in [0.2, 0.25) is 0 Å². The molecule has 2 aromatic heterocycles. The minimum Gasteiger partial charge on any atom is -0.395 e. The van der Waals surface area contributed by atoms with Gasteiger partial charge in [0.1, 0.15) is 6.54 Å². The van der Waals surface area contributed by atoms with Crippen molar-refractivity contribution in [2.24, 2.45) is 0 Å². The Labute approximate surface area is 170 Å². The first kappa shape index (κ1) is 20.5. The maximum absolute atomic E-state index is 13.7. The SMILES string of the molecule is Cc1c2ccccc2nc2c1c(C(F)(F)F)nn2CC(=O)N1CCN(CCO)CC1. The van der Waals surface area contributed by atoms with E-state index in [1.807, 2.05) is 4.90 Å². The van der Waals surface area contributed by atoms with E-state index in [0.29, 0.717) is 49.2 Å². The molecule has 1 saturated heterocycles. The van der Waals surface area contributed by atoms with Crippen molar-refractivity contribution in [1.29, 1.82) is 0 Å². The molecular weight excluding hydrogens is 399 g/mol. The first-order valence-electron chi connectivity index (χ1n) is 9.73. The van der Waals surface area contributed by atoms with Gasteiger partial charge in [-0.15, -0.1) is 0 Å². The zero-order chi connectivity index (χ0) is 21.5. The van der Waals surface area contributed by atoms with Crippen molar-refractivity contribution in [1.82, 2.24) is 24.6 Å². The van der Waals surface area contributed by atoms with Gasteiger partial charge in [-0.1, -0.05) is 18.2 Å². The lowest BCUT2D eigenvalue weighted by molar-refractivity contribution is -0.141. The molecule has 0 radical (unpaired) electrons. The topological polar surface area (TPSA) is 74.5 Å². The molecule has 0 bridgehead atoms. The Morgan fingerprint density at radius 3 is 2.53 bits per heavy atom. The Balaban J connectivity index is 1.70. The number of fused-ring (bicyclic) bond motifs is 2. The fraction of sp³-hybridized carbons (Fsp3) is 0.450. The van der Waals surface area contributed by atoms with Gasteiger partial charge in [-0.05, 0) is 18.6 Å². The quantitative estimate of drug-likeness (QED) is 0.698. The van der Waals surface area contributed by atoms with Crippen molar-refractivity contribution < 1.29 is 23.1 Å².